The van der Waals surface area contributed by atoms with Crippen LogP contribution in [0.5, 0.6) is 5.75 Å². The third-order valence-corrected chi connectivity index (χ3v) is 3.71. The Balaban J connectivity index is 2.02. The summed E-state index contributed by atoms with van der Waals surface area (Å²) in [5.41, 5.74) is 1.25. The van der Waals surface area contributed by atoms with Gasteiger partial charge in [-0.25, -0.2) is 0 Å². The van der Waals surface area contributed by atoms with Gasteiger partial charge in [-0.15, -0.1) is 0 Å². The number of halogens is 1. The normalized spacial score (nSPS) is 10.3. The highest BCUT2D eigenvalue weighted by Crippen LogP contribution is 2.19. The van der Waals surface area contributed by atoms with E-state index in [0.717, 1.165) is 10.2 Å². The molecular weight excluding hydrogens is 388 g/mol. The maximum Gasteiger partial charge on any atom is 0.261 e. The predicted molar refractivity (Wildman–Crippen MR) is 105 cm³/mol. The molecule has 4 nitrogen and oxygen atoms in total. The van der Waals surface area contributed by atoms with E-state index in [1.165, 1.54) is 0 Å². The molecule has 0 fully saturated rings. The lowest BCUT2D eigenvalue weighted by atomic mass is 10.2. The molecule has 1 amide bonds. The van der Waals surface area contributed by atoms with Crippen LogP contribution in [0.1, 0.15) is 24.2 Å². The van der Waals surface area contributed by atoms with Gasteiger partial charge in [0.1, 0.15) is 5.75 Å². The van der Waals surface area contributed by atoms with Crippen molar-refractivity contribution in [1.29, 1.82) is 0 Å². The van der Waals surface area contributed by atoms with Crippen molar-refractivity contribution in [3.05, 3.63) is 58.6 Å². The van der Waals surface area contributed by atoms with Gasteiger partial charge in [0.25, 0.3) is 5.91 Å². The number of anilines is 1. The van der Waals surface area contributed by atoms with Crippen LogP contribution >= 0.6 is 28.1 Å². The minimum atomic E-state index is -0.304. The van der Waals surface area contributed by atoms with Crippen molar-refractivity contribution < 1.29 is 9.53 Å². The molecule has 2 aromatic carbocycles. The number of thiocarbonyl (C=S) groups is 1. The fourth-order valence-electron chi connectivity index (χ4n) is 1.94. The third-order valence-electron chi connectivity index (χ3n) is 3.01. The quantitative estimate of drug-likeness (QED) is 0.711. The second kappa shape index (κ2) is 8.80. The zero-order chi connectivity index (χ0) is 17.5. The Morgan fingerprint density at radius 3 is 2.67 bits per heavy atom. The second-order valence-electron chi connectivity index (χ2n) is 5.62. The Bertz CT molecular complexity index is 734. The monoisotopic (exact) mass is 406 g/mol. The molecule has 0 heterocycles. The van der Waals surface area contributed by atoms with Gasteiger partial charge >= 0.3 is 0 Å². The SMILES string of the molecule is CC(C)COc1ccccc1C(=O)NC(=S)Nc1cccc(Br)c1. The number of benzene rings is 2. The highest BCUT2D eigenvalue weighted by atomic mass is 79.9. The number of carbonyl (C=O) groups is 1. The third kappa shape index (κ3) is 5.62. The van der Waals surface area contributed by atoms with Crippen LogP contribution in [0.4, 0.5) is 5.69 Å². The van der Waals surface area contributed by atoms with Gasteiger partial charge in [0.05, 0.1) is 12.2 Å². The summed E-state index contributed by atoms with van der Waals surface area (Å²) in [5, 5.41) is 5.89. The van der Waals surface area contributed by atoms with Gasteiger partial charge in [-0.05, 0) is 48.5 Å². The molecular formula is C18H19BrN2O2S. The van der Waals surface area contributed by atoms with Gasteiger partial charge < -0.3 is 10.1 Å². The van der Waals surface area contributed by atoms with Gasteiger partial charge in [-0.1, -0.05) is 48.0 Å². The summed E-state index contributed by atoms with van der Waals surface area (Å²) < 4.78 is 6.63. The summed E-state index contributed by atoms with van der Waals surface area (Å²) in [7, 11) is 0. The van der Waals surface area contributed by atoms with Crippen LogP contribution in [0.3, 0.4) is 0 Å². The standard InChI is InChI=1S/C18H19BrN2O2S/c1-12(2)11-23-16-9-4-3-8-15(16)17(22)21-18(24)20-14-7-5-6-13(19)10-14/h3-10,12H,11H2,1-2H3,(H2,20,21,22,24). The lowest BCUT2D eigenvalue weighted by Gasteiger charge is -2.14. The molecule has 0 saturated heterocycles. The Morgan fingerprint density at radius 2 is 1.96 bits per heavy atom. The van der Waals surface area contributed by atoms with Crippen molar-refractivity contribution in [3.63, 3.8) is 0 Å². The van der Waals surface area contributed by atoms with Gasteiger partial charge in [0, 0.05) is 10.2 Å². The molecule has 24 heavy (non-hydrogen) atoms. The van der Waals surface area contributed by atoms with Crippen molar-refractivity contribution in [2.24, 2.45) is 5.92 Å². The number of amides is 1. The van der Waals surface area contributed by atoms with Gasteiger partial charge in [0.15, 0.2) is 5.11 Å². The summed E-state index contributed by atoms with van der Waals surface area (Å²) in [6.07, 6.45) is 0. The number of rotatable bonds is 5. The van der Waals surface area contributed by atoms with Crippen LogP contribution < -0.4 is 15.4 Å². The zero-order valence-electron chi connectivity index (χ0n) is 13.5. The van der Waals surface area contributed by atoms with E-state index in [-0.39, 0.29) is 11.0 Å². The number of ether oxygens (including phenoxy) is 1. The molecule has 0 saturated carbocycles. The Labute approximate surface area is 155 Å². The first-order chi connectivity index (χ1) is 11.5. The van der Waals surface area contributed by atoms with E-state index in [9.17, 15) is 4.79 Å². The molecule has 0 aliphatic heterocycles. The van der Waals surface area contributed by atoms with E-state index in [1.54, 1.807) is 18.2 Å². The van der Waals surface area contributed by atoms with Gasteiger partial charge in [0.2, 0.25) is 0 Å². The van der Waals surface area contributed by atoms with Crippen LogP contribution in [0.25, 0.3) is 0 Å². The van der Waals surface area contributed by atoms with Gasteiger partial charge in [-0.3, -0.25) is 10.1 Å². The smallest absolute Gasteiger partial charge is 0.261 e. The summed E-state index contributed by atoms with van der Waals surface area (Å²) in [6.45, 7) is 4.66. The predicted octanol–water partition coefficient (Wildman–Crippen LogP) is 4.61. The number of carbonyl (C=O) groups excluding carboxylic acids is 1. The van der Waals surface area contributed by atoms with Crippen LogP contribution in [-0.4, -0.2) is 17.6 Å². The Morgan fingerprint density at radius 1 is 1.21 bits per heavy atom. The van der Waals surface area contributed by atoms with Crippen molar-refractivity contribution in [2.75, 3.05) is 11.9 Å². The van der Waals surface area contributed by atoms with Crippen LogP contribution in [0.15, 0.2) is 53.0 Å². The molecule has 0 radical (unpaired) electrons. The minimum Gasteiger partial charge on any atom is -0.492 e. The topological polar surface area (TPSA) is 50.4 Å². The van der Waals surface area contributed by atoms with Crippen LogP contribution in [0.2, 0.25) is 0 Å². The fraction of sp³-hybridized carbons (Fsp3) is 0.222. The van der Waals surface area contributed by atoms with E-state index in [2.05, 4.69) is 40.4 Å². The average Bonchev–Trinajstić information content (AvgIpc) is 2.53. The van der Waals surface area contributed by atoms with Crippen molar-refractivity contribution in [1.82, 2.24) is 5.32 Å². The van der Waals surface area contributed by atoms with E-state index < -0.39 is 0 Å². The van der Waals surface area contributed by atoms with Gasteiger partial charge in [-0.2, -0.15) is 0 Å². The van der Waals surface area contributed by atoms with Crippen molar-refractivity contribution >= 4 is 44.9 Å². The summed E-state index contributed by atoms with van der Waals surface area (Å²) in [6, 6.07) is 14.7. The Hall–Kier alpha value is -1.92. The zero-order valence-corrected chi connectivity index (χ0v) is 15.9. The molecule has 2 N–H and O–H groups in total. The van der Waals surface area contributed by atoms with E-state index in [4.69, 9.17) is 17.0 Å². The lowest BCUT2D eigenvalue weighted by molar-refractivity contribution is 0.0973. The second-order valence-corrected chi connectivity index (χ2v) is 6.94. The largest absolute Gasteiger partial charge is 0.492 e. The first-order valence-corrected chi connectivity index (χ1v) is 8.75. The van der Waals surface area contributed by atoms with E-state index in [0.29, 0.717) is 23.8 Å². The Kier molecular flexibility index (Phi) is 6.75. The van der Waals surface area contributed by atoms with E-state index >= 15 is 0 Å². The summed E-state index contributed by atoms with van der Waals surface area (Å²) in [5.74, 6) is 0.621. The number of hydrogen-bond donors (Lipinski definition) is 2. The first kappa shape index (κ1) is 18.4. The average molecular weight is 407 g/mol. The van der Waals surface area contributed by atoms with Crippen LogP contribution in [0, 0.1) is 5.92 Å². The number of nitrogens with one attached hydrogen (secondary N) is 2. The summed E-state index contributed by atoms with van der Waals surface area (Å²) in [4.78, 5) is 12.4. The fourth-order valence-corrected chi connectivity index (χ4v) is 2.55. The van der Waals surface area contributed by atoms with Crippen LogP contribution in [-0.2, 0) is 0 Å². The first-order valence-electron chi connectivity index (χ1n) is 7.55. The molecule has 2 rings (SSSR count). The maximum absolute atomic E-state index is 12.4. The molecule has 0 unspecified atom stereocenters. The summed E-state index contributed by atoms with van der Waals surface area (Å²) >= 11 is 8.60. The lowest BCUT2D eigenvalue weighted by Crippen LogP contribution is -2.34. The maximum atomic E-state index is 12.4. The molecule has 2 aromatic rings. The molecule has 0 aliphatic rings. The number of para-hydroxylation sites is 1. The molecule has 6 heteroatoms. The molecule has 0 atom stereocenters. The van der Waals surface area contributed by atoms with Crippen molar-refractivity contribution in [3.8, 4) is 5.75 Å². The minimum absolute atomic E-state index is 0.233. The van der Waals surface area contributed by atoms with Crippen molar-refractivity contribution in [2.45, 2.75) is 13.8 Å². The molecule has 126 valence electrons. The molecule has 0 aromatic heterocycles. The number of hydrogen-bond acceptors (Lipinski definition) is 3. The molecule has 0 spiro atoms. The molecule has 0 bridgehead atoms. The molecule has 0 aliphatic carbocycles. The highest BCUT2D eigenvalue weighted by molar-refractivity contribution is 9.10. The highest BCUT2D eigenvalue weighted by Gasteiger charge is 2.14. The van der Waals surface area contributed by atoms with E-state index in [1.807, 2.05) is 30.3 Å².